The van der Waals surface area contributed by atoms with Crippen LogP contribution in [0.3, 0.4) is 0 Å². The molecule has 0 heteroatoms. The van der Waals surface area contributed by atoms with Crippen molar-refractivity contribution in [3.63, 3.8) is 0 Å². The number of hydrogen-bond acceptors (Lipinski definition) is 0. The third-order valence-corrected chi connectivity index (χ3v) is 3.04. The van der Waals surface area contributed by atoms with Crippen molar-refractivity contribution in [2.45, 2.75) is 53.4 Å². The average molecular weight is 216 g/mol. The maximum Gasteiger partial charge on any atom is -0.0163 e. The van der Waals surface area contributed by atoms with Crippen LogP contribution in [0.4, 0.5) is 0 Å². The summed E-state index contributed by atoms with van der Waals surface area (Å²) in [5.41, 5.74) is 3.29. The van der Waals surface area contributed by atoms with E-state index in [0.717, 1.165) is 0 Å². The lowest BCUT2D eigenvalue weighted by molar-refractivity contribution is 0.990. The zero-order valence-corrected chi connectivity index (χ0v) is 11.1. The van der Waals surface area contributed by atoms with Gasteiger partial charge in [-0.25, -0.2) is 0 Å². The zero-order valence-electron chi connectivity index (χ0n) is 11.1. The van der Waals surface area contributed by atoms with Crippen molar-refractivity contribution < 1.29 is 0 Å². The Morgan fingerprint density at radius 3 is 2.38 bits per heavy atom. The van der Waals surface area contributed by atoms with Crippen LogP contribution in [0, 0.1) is 0 Å². The lowest BCUT2D eigenvalue weighted by Gasteiger charge is -2.04. The van der Waals surface area contributed by atoms with Gasteiger partial charge in [-0.05, 0) is 41.7 Å². The first-order valence-electron chi connectivity index (χ1n) is 6.75. The highest BCUT2D eigenvalue weighted by Gasteiger charge is 2.13. The van der Waals surface area contributed by atoms with Gasteiger partial charge in [-0.15, -0.1) is 0 Å². The quantitative estimate of drug-likeness (QED) is 0.623. The van der Waals surface area contributed by atoms with Crippen LogP contribution in [0.2, 0.25) is 0 Å². The summed E-state index contributed by atoms with van der Waals surface area (Å²) in [4.78, 5) is 0. The van der Waals surface area contributed by atoms with E-state index in [-0.39, 0.29) is 0 Å². The highest BCUT2D eigenvalue weighted by atomic mass is 14.2. The second kappa shape index (κ2) is 6.52. The highest BCUT2D eigenvalue weighted by Crippen LogP contribution is 2.19. The molecule has 0 bridgehead atoms. The van der Waals surface area contributed by atoms with Gasteiger partial charge in [-0.3, -0.25) is 0 Å². The molecular weight excluding hydrogens is 192 g/mol. The molecule has 3 rings (SSSR count). The maximum absolute atomic E-state index is 2.38. The Morgan fingerprint density at radius 1 is 0.875 bits per heavy atom. The Kier molecular flexibility index (Phi) is 5.31. The summed E-state index contributed by atoms with van der Waals surface area (Å²) >= 11 is 0. The van der Waals surface area contributed by atoms with Crippen molar-refractivity contribution in [1.82, 2.24) is 0 Å². The minimum absolute atomic E-state index is 1.26. The Morgan fingerprint density at radius 2 is 1.62 bits per heavy atom. The SMILES string of the molecule is C1=c2cccc3c2=C(CC1)CC3.CC.CC. The monoisotopic (exact) mass is 216 g/mol. The van der Waals surface area contributed by atoms with E-state index in [4.69, 9.17) is 0 Å². The molecule has 1 aromatic carbocycles. The second-order valence-electron chi connectivity index (χ2n) is 3.73. The lowest BCUT2D eigenvalue weighted by atomic mass is 10.0. The maximum atomic E-state index is 2.38. The minimum atomic E-state index is 1.26. The van der Waals surface area contributed by atoms with E-state index in [1.165, 1.54) is 30.9 Å². The first kappa shape index (κ1) is 13.0. The van der Waals surface area contributed by atoms with Crippen molar-refractivity contribution >= 4 is 11.6 Å². The second-order valence-corrected chi connectivity index (χ2v) is 3.73. The van der Waals surface area contributed by atoms with Crippen LogP contribution < -0.4 is 10.4 Å². The fraction of sp³-hybridized carbons (Fsp3) is 0.500. The molecule has 0 atom stereocenters. The van der Waals surface area contributed by atoms with Crippen molar-refractivity contribution in [2.24, 2.45) is 0 Å². The smallest absolute Gasteiger partial charge is 0.0163 e. The van der Waals surface area contributed by atoms with Crippen LogP contribution in [0.1, 0.15) is 52.5 Å². The molecule has 0 N–H and O–H groups in total. The molecule has 0 heterocycles. The van der Waals surface area contributed by atoms with E-state index in [1.807, 2.05) is 27.7 Å². The van der Waals surface area contributed by atoms with Gasteiger partial charge in [-0.1, -0.05) is 57.5 Å². The normalized spacial score (nSPS) is 14.9. The van der Waals surface area contributed by atoms with Gasteiger partial charge in [-0.2, -0.15) is 0 Å². The van der Waals surface area contributed by atoms with Crippen LogP contribution in [0.15, 0.2) is 18.2 Å². The zero-order chi connectivity index (χ0) is 12.0. The number of benzene rings is 1. The molecule has 0 fully saturated rings. The molecule has 1 aromatic rings. The predicted molar refractivity (Wildman–Crippen MR) is 73.8 cm³/mol. The minimum Gasteiger partial charge on any atom is -0.0763 e. The van der Waals surface area contributed by atoms with E-state index in [9.17, 15) is 0 Å². The van der Waals surface area contributed by atoms with Crippen LogP contribution in [-0.2, 0) is 6.42 Å². The molecular formula is C16H24. The van der Waals surface area contributed by atoms with Crippen LogP contribution >= 0.6 is 0 Å². The highest BCUT2D eigenvalue weighted by molar-refractivity contribution is 5.57. The van der Waals surface area contributed by atoms with Crippen LogP contribution in [0.5, 0.6) is 0 Å². The predicted octanol–water partition coefficient (Wildman–Crippen LogP) is 3.41. The average Bonchev–Trinajstić information content (AvgIpc) is 2.81. The molecule has 0 amide bonds. The largest absolute Gasteiger partial charge is 0.0763 e. The van der Waals surface area contributed by atoms with Crippen molar-refractivity contribution in [2.75, 3.05) is 0 Å². The Labute approximate surface area is 99.7 Å². The lowest BCUT2D eigenvalue weighted by Crippen LogP contribution is -2.29. The summed E-state index contributed by atoms with van der Waals surface area (Å²) in [7, 11) is 0. The summed E-state index contributed by atoms with van der Waals surface area (Å²) in [6.45, 7) is 8.00. The molecule has 0 spiro atoms. The first-order chi connectivity index (χ1) is 7.95. The van der Waals surface area contributed by atoms with Gasteiger partial charge >= 0.3 is 0 Å². The summed E-state index contributed by atoms with van der Waals surface area (Å²) in [5, 5.41) is 3.09. The van der Waals surface area contributed by atoms with Crippen LogP contribution in [-0.4, -0.2) is 0 Å². The Balaban J connectivity index is 0.000000291. The van der Waals surface area contributed by atoms with Gasteiger partial charge in [0.2, 0.25) is 0 Å². The summed E-state index contributed by atoms with van der Waals surface area (Å²) in [5.74, 6) is 0. The number of hydrogen-bond donors (Lipinski definition) is 0. The molecule has 0 radical (unpaired) electrons. The van der Waals surface area contributed by atoms with E-state index in [1.54, 1.807) is 16.4 Å². The van der Waals surface area contributed by atoms with E-state index in [0.29, 0.717) is 0 Å². The van der Waals surface area contributed by atoms with Crippen molar-refractivity contribution in [1.29, 1.82) is 0 Å². The van der Waals surface area contributed by atoms with Gasteiger partial charge in [0, 0.05) is 0 Å². The molecule has 0 nitrogen and oxygen atoms in total. The van der Waals surface area contributed by atoms with Gasteiger partial charge in [0.25, 0.3) is 0 Å². The van der Waals surface area contributed by atoms with E-state index < -0.39 is 0 Å². The number of rotatable bonds is 0. The summed E-state index contributed by atoms with van der Waals surface area (Å²) in [6.07, 6.45) is 7.55. The number of aryl methyl sites for hydroxylation is 1. The third-order valence-electron chi connectivity index (χ3n) is 3.04. The molecule has 2 aliphatic carbocycles. The van der Waals surface area contributed by atoms with Crippen LogP contribution in [0.25, 0.3) is 11.6 Å². The van der Waals surface area contributed by atoms with Gasteiger partial charge in [0.05, 0.1) is 0 Å². The van der Waals surface area contributed by atoms with Gasteiger partial charge in [0.15, 0.2) is 0 Å². The van der Waals surface area contributed by atoms with Gasteiger partial charge in [0.1, 0.15) is 0 Å². The Bertz CT molecular complexity index is 438. The summed E-state index contributed by atoms with van der Waals surface area (Å²) < 4.78 is 0. The molecule has 88 valence electrons. The standard InChI is InChI=1S/C12H12.2C2H6/c1-3-9-4-2-6-11-8-7-10(5-1)12(9)11;2*1-2/h1,3-5H,2,6-8H2;2*1-2H3. The summed E-state index contributed by atoms with van der Waals surface area (Å²) in [6, 6.07) is 6.73. The van der Waals surface area contributed by atoms with Gasteiger partial charge < -0.3 is 0 Å². The van der Waals surface area contributed by atoms with Crippen molar-refractivity contribution in [3.05, 3.63) is 34.2 Å². The fourth-order valence-electron chi connectivity index (χ4n) is 2.49. The Hall–Kier alpha value is -1.04. The molecule has 0 aliphatic heterocycles. The topological polar surface area (TPSA) is 0 Å². The van der Waals surface area contributed by atoms with Crippen molar-refractivity contribution in [3.8, 4) is 0 Å². The molecule has 0 aromatic heterocycles. The molecule has 16 heavy (non-hydrogen) atoms. The van der Waals surface area contributed by atoms with E-state index in [2.05, 4.69) is 24.3 Å². The molecule has 0 unspecified atom stereocenters. The molecule has 2 aliphatic rings. The van der Waals surface area contributed by atoms with E-state index >= 15 is 0 Å². The molecule has 0 saturated carbocycles. The molecule has 0 saturated heterocycles. The third kappa shape index (κ3) is 2.37. The first-order valence-corrected chi connectivity index (χ1v) is 6.75. The fourth-order valence-corrected chi connectivity index (χ4v) is 2.49.